The zero-order chi connectivity index (χ0) is 15.4. The molecule has 112 valence electrons. The summed E-state index contributed by atoms with van der Waals surface area (Å²) in [6.45, 7) is 2.64. The van der Waals surface area contributed by atoms with Crippen LogP contribution in [0.15, 0.2) is 30.3 Å². The summed E-state index contributed by atoms with van der Waals surface area (Å²) in [7, 11) is 1.32. The van der Waals surface area contributed by atoms with Crippen LogP contribution in [0.3, 0.4) is 0 Å². The Balaban J connectivity index is 2.31. The van der Waals surface area contributed by atoms with Gasteiger partial charge in [-0.25, -0.2) is 0 Å². The van der Waals surface area contributed by atoms with E-state index >= 15 is 0 Å². The van der Waals surface area contributed by atoms with E-state index in [4.69, 9.17) is 12.2 Å². The van der Waals surface area contributed by atoms with Crippen molar-refractivity contribution in [1.29, 1.82) is 0 Å². The summed E-state index contributed by atoms with van der Waals surface area (Å²) < 4.78 is 4.68. The fraction of sp³-hybridized carbons (Fsp3) is 0.400. The lowest BCUT2D eigenvalue weighted by molar-refractivity contribution is -0.143. The van der Waals surface area contributed by atoms with Gasteiger partial charge in [0.2, 0.25) is 0 Å². The van der Waals surface area contributed by atoms with Crippen molar-refractivity contribution in [3.05, 3.63) is 30.3 Å². The summed E-state index contributed by atoms with van der Waals surface area (Å²) in [5, 5.41) is 0.446. The van der Waals surface area contributed by atoms with E-state index in [1.807, 2.05) is 42.2 Å². The molecule has 0 radical (unpaired) electrons. The normalized spacial score (nSPS) is 18.3. The zero-order valence-electron chi connectivity index (χ0n) is 12.1. The van der Waals surface area contributed by atoms with Crippen molar-refractivity contribution in [3.63, 3.8) is 0 Å². The minimum Gasteiger partial charge on any atom is -0.469 e. The smallest absolute Gasteiger partial charge is 0.308 e. The van der Waals surface area contributed by atoms with Crippen molar-refractivity contribution in [2.75, 3.05) is 18.6 Å². The van der Waals surface area contributed by atoms with Crippen molar-refractivity contribution in [1.82, 2.24) is 4.90 Å². The Hall–Kier alpha value is -1.95. The van der Waals surface area contributed by atoms with Gasteiger partial charge < -0.3 is 9.64 Å². The van der Waals surface area contributed by atoms with Crippen LogP contribution in [-0.2, 0) is 14.3 Å². The van der Waals surface area contributed by atoms with Crippen molar-refractivity contribution >= 4 is 34.9 Å². The zero-order valence-corrected chi connectivity index (χ0v) is 12.9. The van der Waals surface area contributed by atoms with E-state index in [0.717, 1.165) is 12.1 Å². The molecule has 1 amide bonds. The highest BCUT2D eigenvalue weighted by atomic mass is 32.1. The third-order valence-corrected chi connectivity index (χ3v) is 3.80. The Morgan fingerprint density at radius 3 is 2.57 bits per heavy atom. The Bertz CT molecular complexity index is 547. The molecule has 1 aliphatic heterocycles. The maximum absolute atomic E-state index is 12.6. The first-order chi connectivity index (χ1) is 10.1. The predicted octanol–water partition coefficient (Wildman–Crippen LogP) is 1.96. The van der Waals surface area contributed by atoms with E-state index in [-0.39, 0.29) is 12.3 Å². The Kier molecular flexibility index (Phi) is 4.90. The first-order valence-corrected chi connectivity index (χ1v) is 7.27. The van der Waals surface area contributed by atoms with Gasteiger partial charge in [-0.05, 0) is 30.8 Å². The number of esters is 1. The maximum atomic E-state index is 12.6. The first-order valence-electron chi connectivity index (χ1n) is 6.86. The van der Waals surface area contributed by atoms with Gasteiger partial charge in [-0.2, -0.15) is 0 Å². The Morgan fingerprint density at radius 1 is 1.33 bits per heavy atom. The largest absolute Gasteiger partial charge is 0.469 e. The van der Waals surface area contributed by atoms with Crippen molar-refractivity contribution in [3.8, 4) is 0 Å². The summed E-state index contributed by atoms with van der Waals surface area (Å²) in [6.07, 6.45) is 0.854. The third kappa shape index (κ3) is 3.05. The van der Waals surface area contributed by atoms with Crippen LogP contribution in [-0.4, -0.2) is 41.6 Å². The summed E-state index contributed by atoms with van der Waals surface area (Å²) in [4.78, 5) is 27.5. The van der Waals surface area contributed by atoms with Gasteiger partial charge in [-0.15, -0.1) is 0 Å². The van der Waals surface area contributed by atoms with Crippen molar-refractivity contribution < 1.29 is 14.3 Å². The van der Waals surface area contributed by atoms with Crippen LogP contribution < -0.4 is 4.90 Å². The van der Waals surface area contributed by atoms with E-state index in [0.29, 0.717) is 11.7 Å². The maximum Gasteiger partial charge on any atom is 0.308 e. The number of ether oxygens (including phenoxy) is 1. The second-order valence-electron chi connectivity index (χ2n) is 4.78. The quantitative estimate of drug-likeness (QED) is 0.615. The number of hydrogen-bond acceptors (Lipinski definition) is 4. The van der Waals surface area contributed by atoms with Gasteiger partial charge in [0.1, 0.15) is 6.04 Å². The van der Waals surface area contributed by atoms with E-state index in [1.165, 1.54) is 12.0 Å². The lowest BCUT2D eigenvalue weighted by Gasteiger charge is -2.22. The van der Waals surface area contributed by atoms with Gasteiger partial charge in [0.05, 0.1) is 19.2 Å². The molecule has 5 nitrogen and oxygen atoms in total. The van der Waals surface area contributed by atoms with Crippen LogP contribution in [0.4, 0.5) is 5.69 Å². The molecule has 1 aromatic rings. The highest BCUT2D eigenvalue weighted by Gasteiger charge is 2.43. The molecule has 0 bridgehead atoms. The number of anilines is 1. The molecule has 0 N–H and O–H groups in total. The fourth-order valence-electron chi connectivity index (χ4n) is 2.38. The van der Waals surface area contributed by atoms with E-state index < -0.39 is 12.0 Å². The van der Waals surface area contributed by atoms with Crippen molar-refractivity contribution in [2.24, 2.45) is 0 Å². The molecular formula is C15H18N2O3S. The summed E-state index contributed by atoms with van der Waals surface area (Å²) in [5.41, 5.74) is 0.723. The average molecular weight is 306 g/mol. The second-order valence-corrected chi connectivity index (χ2v) is 5.15. The topological polar surface area (TPSA) is 49.9 Å². The lowest BCUT2D eigenvalue weighted by Crippen LogP contribution is -2.37. The summed E-state index contributed by atoms with van der Waals surface area (Å²) in [6, 6.07) is 8.66. The number of benzene rings is 1. The van der Waals surface area contributed by atoms with Gasteiger partial charge in [0.25, 0.3) is 5.91 Å². The molecule has 0 aliphatic carbocycles. The highest BCUT2D eigenvalue weighted by Crippen LogP contribution is 2.27. The van der Waals surface area contributed by atoms with Gasteiger partial charge >= 0.3 is 5.97 Å². The van der Waals surface area contributed by atoms with E-state index in [2.05, 4.69) is 4.74 Å². The highest BCUT2D eigenvalue weighted by molar-refractivity contribution is 7.80. The molecule has 6 heteroatoms. The minimum absolute atomic E-state index is 0.0127. The molecule has 0 unspecified atom stereocenters. The average Bonchev–Trinajstić information content (AvgIpc) is 2.72. The molecule has 21 heavy (non-hydrogen) atoms. The standard InChI is InChI=1S/C15H18N2O3S/c1-3-9-16-12(10-13(18)20-2)14(19)17(15(16)21)11-7-5-4-6-8-11/h4-8,12H,3,9-10H2,1-2H3/t12-/m1/s1. The van der Waals surface area contributed by atoms with Gasteiger partial charge in [0, 0.05) is 6.54 Å². The van der Waals surface area contributed by atoms with E-state index in [1.54, 1.807) is 0 Å². The SMILES string of the molecule is CCCN1C(=S)N(c2ccccc2)C(=O)[C@H]1CC(=O)OC. The Morgan fingerprint density at radius 2 is 2.00 bits per heavy atom. The van der Waals surface area contributed by atoms with Crippen molar-refractivity contribution in [2.45, 2.75) is 25.8 Å². The number of hydrogen-bond donors (Lipinski definition) is 0. The number of carbonyl (C=O) groups is 2. The van der Waals surface area contributed by atoms with Crippen LogP contribution in [0.1, 0.15) is 19.8 Å². The first kappa shape index (κ1) is 15.4. The third-order valence-electron chi connectivity index (χ3n) is 3.39. The molecule has 1 fully saturated rings. The minimum atomic E-state index is -0.579. The summed E-state index contributed by atoms with van der Waals surface area (Å²) in [5.74, 6) is -0.586. The molecule has 1 aromatic carbocycles. The van der Waals surface area contributed by atoms with E-state index in [9.17, 15) is 9.59 Å². The monoisotopic (exact) mass is 306 g/mol. The van der Waals surface area contributed by atoms with Gasteiger partial charge in [-0.3, -0.25) is 14.5 Å². The van der Waals surface area contributed by atoms with Crippen LogP contribution in [0, 0.1) is 0 Å². The van der Waals surface area contributed by atoms with Crippen LogP contribution in [0.25, 0.3) is 0 Å². The van der Waals surface area contributed by atoms with Crippen LogP contribution in [0.5, 0.6) is 0 Å². The molecule has 1 atom stereocenters. The predicted molar refractivity (Wildman–Crippen MR) is 83.9 cm³/mol. The number of carbonyl (C=O) groups excluding carboxylic acids is 2. The van der Waals surface area contributed by atoms with Gasteiger partial charge in [0.15, 0.2) is 5.11 Å². The number of para-hydroxylation sites is 1. The number of nitrogens with zero attached hydrogens (tertiary/aromatic N) is 2. The fourth-order valence-corrected chi connectivity index (χ4v) is 2.80. The molecule has 2 rings (SSSR count). The van der Waals surface area contributed by atoms with Crippen LogP contribution >= 0.6 is 12.2 Å². The molecule has 1 heterocycles. The van der Waals surface area contributed by atoms with Gasteiger partial charge in [-0.1, -0.05) is 25.1 Å². The molecule has 1 aliphatic rings. The number of methoxy groups -OCH3 is 1. The number of thiocarbonyl (C=S) groups is 1. The second kappa shape index (κ2) is 6.67. The molecule has 0 aromatic heterocycles. The Labute approximate surface area is 129 Å². The number of rotatable bonds is 5. The molecule has 0 saturated carbocycles. The molecule has 1 saturated heterocycles. The number of amides is 1. The molecule has 0 spiro atoms. The summed E-state index contributed by atoms with van der Waals surface area (Å²) >= 11 is 5.43. The molecular weight excluding hydrogens is 288 g/mol. The lowest BCUT2D eigenvalue weighted by atomic mass is 10.1. The van der Waals surface area contributed by atoms with Crippen LogP contribution in [0.2, 0.25) is 0 Å².